The molecule has 0 unspecified atom stereocenters. The lowest BCUT2D eigenvalue weighted by Crippen LogP contribution is -2.00. The van der Waals surface area contributed by atoms with E-state index in [-0.39, 0.29) is 0 Å². The summed E-state index contributed by atoms with van der Waals surface area (Å²) in [5, 5.41) is 0. The molecule has 0 radical (unpaired) electrons. The number of nitrogens with zero attached hydrogens (tertiary/aromatic N) is 2. The number of hydrogen-bond donors (Lipinski definition) is 0. The first-order valence-electron chi connectivity index (χ1n) is 10.1. The van der Waals surface area contributed by atoms with Gasteiger partial charge in [-0.1, -0.05) is 119 Å². The average Bonchev–Trinajstić information content (AvgIpc) is 2.85. The molecule has 3 heteroatoms. The highest BCUT2D eigenvalue weighted by atomic mass is 79.9. The Morgan fingerprint density at radius 2 is 0.645 bits per heavy atom. The van der Waals surface area contributed by atoms with Gasteiger partial charge in [0.25, 0.3) is 0 Å². The van der Waals surface area contributed by atoms with Gasteiger partial charge >= 0.3 is 0 Å². The predicted octanol–water partition coefficient (Wildman–Crippen LogP) is 7.91. The van der Waals surface area contributed by atoms with Gasteiger partial charge in [-0.05, 0) is 12.1 Å². The lowest BCUT2D eigenvalue weighted by atomic mass is 9.99. The standard InChI is InChI=1S/C28H19BrN2/c29-24-18-16-23(17-19-24)28-27(22-14-8-3-9-15-22)30-25(20-10-4-1-5-11-20)26(31-28)21-12-6-2-7-13-21/h1-19H. The van der Waals surface area contributed by atoms with Gasteiger partial charge in [-0.2, -0.15) is 0 Å². The van der Waals surface area contributed by atoms with Crippen LogP contribution in [-0.4, -0.2) is 9.97 Å². The van der Waals surface area contributed by atoms with Gasteiger partial charge in [0.05, 0.1) is 22.8 Å². The Bertz CT molecular complexity index is 1300. The summed E-state index contributed by atoms with van der Waals surface area (Å²) in [5.41, 5.74) is 7.69. The summed E-state index contributed by atoms with van der Waals surface area (Å²) in [6, 6.07) is 39.1. The molecule has 0 N–H and O–H groups in total. The summed E-state index contributed by atoms with van der Waals surface area (Å²) in [6.07, 6.45) is 0. The molecule has 0 saturated heterocycles. The molecule has 0 amide bonds. The maximum Gasteiger partial charge on any atom is 0.0973 e. The van der Waals surface area contributed by atoms with Crippen LogP contribution in [0.1, 0.15) is 0 Å². The Kier molecular flexibility index (Phi) is 5.42. The predicted molar refractivity (Wildman–Crippen MR) is 131 cm³/mol. The maximum absolute atomic E-state index is 5.22. The summed E-state index contributed by atoms with van der Waals surface area (Å²) in [6.45, 7) is 0. The molecule has 1 aromatic heterocycles. The van der Waals surface area contributed by atoms with Crippen molar-refractivity contribution < 1.29 is 0 Å². The summed E-state index contributed by atoms with van der Waals surface area (Å²) in [5.74, 6) is 0. The van der Waals surface area contributed by atoms with E-state index in [9.17, 15) is 0 Å². The molecule has 31 heavy (non-hydrogen) atoms. The summed E-state index contributed by atoms with van der Waals surface area (Å²) < 4.78 is 1.04. The zero-order valence-corrected chi connectivity index (χ0v) is 18.3. The highest BCUT2D eigenvalue weighted by molar-refractivity contribution is 9.10. The molecule has 5 aromatic rings. The third-order valence-electron chi connectivity index (χ3n) is 5.16. The second-order valence-electron chi connectivity index (χ2n) is 7.22. The van der Waals surface area contributed by atoms with Crippen LogP contribution in [0.5, 0.6) is 0 Å². The molecule has 0 atom stereocenters. The molecule has 0 saturated carbocycles. The highest BCUT2D eigenvalue weighted by Gasteiger charge is 2.19. The maximum atomic E-state index is 5.22. The van der Waals surface area contributed by atoms with Crippen molar-refractivity contribution in [1.82, 2.24) is 9.97 Å². The number of rotatable bonds is 4. The van der Waals surface area contributed by atoms with Crippen molar-refractivity contribution >= 4 is 15.9 Å². The van der Waals surface area contributed by atoms with Gasteiger partial charge in [0.15, 0.2) is 0 Å². The van der Waals surface area contributed by atoms with E-state index in [2.05, 4.69) is 64.5 Å². The molecular formula is C28H19BrN2. The zero-order valence-electron chi connectivity index (χ0n) is 16.7. The van der Waals surface area contributed by atoms with Crippen molar-refractivity contribution in [3.8, 4) is 45.0 Å². The lowest BCUT2D eigenvalue weighted by molar-refractivity contribution is 1.21. The molecule has 0 aliphatic heterocycles. The largest absolute Gasteiger partial charge is 0.243 e. The van der Waals surface area contributed by atoms with E-state index in [1.54, 1.807) is 0 Å². The van der Waals surface area contributed by atoms with Gasteiger partial charge in [-0.25, -0.2) is 9.97 Å². The van der Waals surface area contributed by atoms with Crippen LogP contribution in [-0.2, 0) is 0 Å². The van der Waals surface area contributed by atoms with E-state index in [0.717, 1.165) is 49.5 Å². The number of halogens is 1. The van der Waals surface area contributed by atoms with E-state index in [0.29, 0.717) is 0 Å². The third-order valence-corrected chi connectivity index (χ3v) is 5.68. The second kappa shape index (κ2) is 8.66. The summed E-state index contributed by atoms with van der Waals surface area (Å²) >= 11 is 3.54. The van der Waals surface area contributed by atoms with Crippen molar-refractivity contribution in [2.75, 3.05) is 0 Å². The summed E-state index contributed by atoms with van der Waals surface area (Å²) in [4.78, 5) is 10.4. The van der Waals surface area contributed by atoms with Gasteiger partial charge in [0, 0.05) is 26.7 Å². The number of aromatic nitrogens is 2. The van der Waals surface area contributed by atoms with Crippen LogP contribution in [0.15, 0.2) is 120 Å². The van der Waals surface area contributed by atoms with Crippen LogP contribution in [0.4, 0.5) is 0 Å². The molecule has 5 rings (SSSR count). The van der Waals surface area contributed by atoms with Crippen molar-refractivity contribution in [2.24, 2.45) is 0 Å². The van der Waals surface area contributed by atoms with Crippen molar-refractivity contribution in [1.29, 1.82) is 0 Å². The minimum absolute atomic E-state index is 0.872. The van der Waals surface area contributed by atoms with E-state index in [1.807, 2.05) is 66.7 Å². The normalized spacial score (nSPS) is 10.7. The molecule has 0 bridgehead atoms. The second-order valence-corrected chi connectivity index (χ2v) is 8.14. The van der Waals surface area contributed by atoms with Gasteiger partial charge in [-0.15, -0.1) is 0 Å². The first-order chi connectivity index (χ1) is 15.3. The van der Waals surface area contributed by atoms with Crippen LogP contribution in [0, 0.1) is 0 Å². The van der Waals surface area contributed by atoms with Crippen molar-refractivity contribution in [2.45, 2.75) is 0 Å². The third kappa shape index (κ3) is 4.05. The first kappa shape index (κ1) is 19.4. The fourth-order valence-corrected chi connectivity index (χ4v) is 3.90. The monoisotopic (exact) mass is 462 g/mol. The SMILES string of the molecule is Brc1ccc(-c2nc(-c3ccccc3)c(-c3ccccc3)nc2-c2ccccc2)cc1. The van der Waals surface area contributed by atoms with Crippen LogP contribution < -0.4 is 0 Å². The average molecular weight is 463 g/mol. The summed E-state index contributed by atoms with van der Waals surface area (Å²) in [7, 11) is 0. The van der Waals surface area contributed by atoms with Gasteiger partial charge in [0.1, 0.15) is 0 Å². The molecule has 0 aliphatic carbocycles. The van der Waals surface area contributed by atoms with E-state index >= 15 is 0 Å². The molecule has 0 spiro atoms. The quantitative estimate of drug-likeness (QED) is 0.271. The Morgan fingerprint density at radius 3 is 0.968 bits per heavy atom. The van der Waals surface area contributed by atoms with Gasteiger partial charge in [-0.3, -0.25) is 0 Å². The minimum atomic E-state index is 0.872. The van der Waals surface area contributed by atoms with Gasteiger partial charge < -0.3 is 0 Å². The molecular weight excluding hydrogens is 444 g/mol. The van der Waals surface area contributed by atoms with Crippen LogP contribution in [0.2, 0.25) is 0 Å². The molecule has 148 valence electrons. The molecule has 4 aromatic carbocycles. The van der Waals surface area contributed by atoms with E-state index < -0.39 is 0 Å². The van der Waals surface area contributed by atoms with E-state index in [4.69, 9.17) is 9.97 Å². The van der Waals surface area contributed by atoms with Gasteiger partial charge in [0.2, 0.25) is 0 Å². The smallest absolute Gasteiger partial charge is 0.0973 e. The Hall–Kier alpha value is -3.56. The van der Waals surface area contributed by atoms with Crippen molar-refractivity contribution in [3.05, 3.63) is 120 Å². The Morgan fingerprint density at radius 1 is 0.355 bits per heavy atom. The van der Waals surface area contributed by atoms with Crippen LogP contribution in [0.25, 0.3) is 45.0 Å². The lowest BCUT2D eigenvalue weighted by Gasteiger charge is -2.16. The van der Waals surface area contributed by atoms with E-state index in [1.165, 1.54) is 0 Å². The fraction of sp³-hybridized carbons (Fsp3) is 0. The molecule has 0 fully saturated rings. The number of benzene rings is 4. The Labute approximate surface area is 190 Å². The topological polar surface area (TPSA) is 25.8 Å². The minimum Gasteiger partial charge on any atom is -0.243 e. The van der Waals surface area contributed by atoms with Crippen LogP contribution in [0.3, 0.4) is 0 Å². The molecule has 0 aliphatic rings. The zero-order chi connectivity index (χ0) is 21.0. The molecule has 2 nitrogen and oxygen atoms in total. The van der Waals surface area contributed by atoms with Crippen molar-refractivity contribution in [3.63, 3.8) is 0 Å². The number of hydrogen-bond acceptors (Lipinski definition) is 2. The molecule has 1 heterocycles. The van der Waals surface area contributed by atoms with Crippen LogP contribution >= 0.6 is 15.9 Å². The fourth-order valence-electron chi connectivity index (χ4n) is 3.64. The first-order valence-corrected chi connectivity index (χ1v) is 10.9. The Balaban J connectivity index is 1.84. The highest BCUT2D eigenvalue weighted by Crippen LogP contribution is 2.37.